The molecule has 2 N–H and O–H groups in total. The van der Waals surface area contributed by atoms with Crippen LogP contribution in [0, 0.1) is 17.2 Å². The van der Waals surface area contributed by atoms with Crippen LogP contribution in [0.5, 0.6) is 0 Å². The number of amides is 1. The Morgan fingerprint density at radius 3 is 2.82 bits per heavy atom. The van der Waals surface area contributed by atoms with Crippen LogP contribution in [0.2, 0.25) is 0 Å². The topological polar surface area (TPSA) is 41.1 Å². The molecule has 1 amide bonds. The van der Waals surface area contributed by atoms with Crippen molar-refractivity contribution in [3.05, 3.63) is 35.6 Å². The number of halogens is 1. The van der Waals surface area contributed by atoms with E-state index in [0.717, 1.165) is 50.9 Å². The van der Waals surface area contributed by atoms with Crippen LogP contribution in [0.3, 0.4) is 0 Å². The summed E-state index contributed by atoms with van der Waals surface area (Å²) in [7, 11) is 0. The van der Waals surface area contributed by atoms with E-state index in [0.29, 0.717) is 0 Å². The summed E-state index contributed by atoms with van der Waals surface area (Å²) in [4.78, 5) is 12.2. The molecule has 2 rings (SSSR count). The van der Waals surface area contributed by atoms with Crippen LogP contribution in [0.1, 0.15) is 38.7 Å². The summed E-state index contributed by atoms with van der Waals surface area (Å²) >= 11 is 0. The quantitative estimate of drug-likeness (QED) is 0.848. The molecule has 0 spiro atoms. The van der Waals surface area contributed by atoms with E-state index < -0.39 is 0 Å². The van der Waals surface area contributed by atoms with Gasteiger partial charge in [0.05, 0.1) is 0 Å². The van der Waals surface area contributed by atoms with E-state index in [1.807, 2.05) is 13.0 Å². The Hall–Kier alpha value is -1.42. The Labute approximate surface area is 132 Å². The van der Waals surface area contributed by atoms with Crippen molar-refractivity contribution in [3.63, 3.8) is 0 Å². The average molecular weight is 306 g/mol. The highest BCUT2D eigenvalue weighted by Crippen LogP contribution is 2.26. The summed E-state index contributed by atoms with van der Waals surface area (Å²) in [6.07, 6.45) is 3.68. The van der Waals surface area contributed by atoms with Gasteiger partial charge in [0.15, 0.2) is 0 Å². The smallest absolute Gasteiger partial charge is 0.222 e. The van der Waals surface area contributed by atoms with Crippen molar-refractivity contribution in [2.45, 2.75) is 39.5 Å². The first-order valence-electron chi connectivity index (χ1n) is 8.21. The molecule has 1 fully saturated rings. The number of piperidine rings is 1. The lowest BCUT2D eigenvalue weighted by atomic mass is 9.81. The maximum atomic E-state index is 13.1. The van der Waals surface area contributed by atoms with Crippen molar-refractivity contribution in [3.8, 4) is 0 Å². The van der Waals surface area contributed by atoms with Gasteiger partial charge in [-0.15, -0.1) is 0 Å². The summed E-state index contributed by atoms with van der Waals surface area (Å²) in [5.41, 5.74) is 1.16. The second-order valence-corrected chi connectivity index (χ2v) is 6.85. The van der Waals surface area contributed by atoms with Gasteiger partial charge in [-0.1, -0.05) is 26.0 Å². The highest BCUT2D eigenvalue weighted by Gasteiger charge is 2.27. The van der Waals surface area contributed by atoms with E-state index >= 15 is 0 Å². The van der Waals surface area contributed by atoms with E-state index in [9.17, 15) is 9.18 Å². The van der Waals surface area contributed by atoms with E-state index in [1.165, 1.54) is 6.07 Å². The van der Waals surface area contributed by atoms with Gasteiger partial charge < -0.3 is 10.6 Å². The molecule has 1 heterocycles. The van der Waals surface area contributed by atoms with Crippen molar-refractivity contribution in [2.75, 3.05) is 19.6 Å². The molecular weight excluding hydrogens is 279 g/mol. The maximum Gasteiger partial charge on any atom is 0.222 e. The second kappa shape index (κ2) is 7.73. The molecule has 0 aliphatic carbocycles. The number of aryl methyl sites for hydroxylation is 1. The number of carbonyl (C=O) groups excluding carboxylic acids is 1. The first kappa shape index (κ1) is 16.9. The van der Waals surface area contributed by atoms with E-state index in [-0.39, 0.29) is 23.1 Å². The number of hydrogen-bond acceptors (Lipinski definition) is 2. The third-order valence-electron chi connectivity index (χ3n) is 4.70. The lowest BCUT2D eigenvalue weighted by Crippen LogP contribution is -2.44. The molecule has 0 bridgehead atoms. The molecule has 122 valence electrons. The molecule has 1 aliphatic rings. The molecule has 1 aromatic carbocycles. The number of rotatable bonds is 6. The normalized spacial score (nSPS) is 18.7. The van der Waals surface area contributed by atoms with Crippen LogP contribution in [0.4, 0.5) is 4.39 Å². The van der Waals surface area contributed by atoms with Crippen molar-refractivity contribution in [1.82, 2.24) is 10.6 Å². The molecule has 0 radical (unpaired) electrons. The Bertz CT molecular complexity index is 498. The van der Waals surface area contributed by atoms with Crippen LogP contribution in [0.25, 0.3) is 0 Å². The number of nitrogens with one attached hydrogen (secondary N) is 2. The zero-order valence-electron chi connectivity index (χ0n) is 13.6. The number of carbonyl (C=O) groups is 1. The summed E-state index contributed by atoms with van der Waals surface area (Å²) in [6, 6.07) is 6.61. The van der Waals surface area contributed by atoms with Crippen molar-refractivity contribution < 1.29 is 9.18 Å². The molecule has 4 heteroatoms. The zero-order chi connectivity index (χ0) is 16.0. The van der Waals surface area contributed by atoms with E-state index in [1.54, 1.807) is 12.1 Å². The lowest BCUT2D eigenvalue weighted by Gasteiger charge is -2.34. The van der Waals surface area contributed by atoms with Gasteiger partial charge in [-0.3, -0.25) is 4.79 Å². The summed E-state index contributed by atoms with van der Waals surface area (Å²) in [5.74, 6) is -0.154. The van der Waals surface area contributed by atoms with Gasteiger partial charge in [-0.25, -0.2) is 4.39 Å². The lowest BCUT2D eigenvalue weighted by molar-refractivity contribution is -0.125. The molecule has 1 atom stereocenters. The van der Waals surface area contributed by atoms with Crippen molar-refractivity contribution >= 4 is 5.91 Å². The first-order valence-corrected chi connectivity index (χ1v) is 8.21. The van der Waals surface area contributed by atoms with Gasteiger partial charge in [-0.05, 0) is 61.9 Å². The van der Waals surface area contributed by atoms with Crippen molar-refractivity contribution in [2.24, 2.45) is 11.3 Å². The molecule has 1 saturated heterocycles. The highest BCUT2D eigenvalue weighted by atomic mass is 19.1. The summed E-state index contributed by atoms with van der Waals surface area (Å²) < 4.78 is 13.1. The molecular formula is C18H27FN2O. The molecule has 3 nitrogen and oxygen atoms in total. The third kappa shape index (κ3) is 5.09. The Kier molecular flexibility index (Phi) is 5.95. The Balaban J connectivity index is 1.74. The highest BCUT2D eigenvalue weighted by molar-refractivity contribution is 5.78. The molecule has 1 aliphatic heterocycles. The molecule has 1 aromatic rings. The van der Waals surface area contributed by atoms with Gasteiger partial charge in [0.25, 0.3) is 0 Å². The first-order chi connectivity index (χ1) is 10.5. The summed E-state index contributed by atoms with van der Waals surface area (Å²) in [5, 5.41) is 6.45. The fourth-order valence-corrected chi connectivity index (χ4v) is 2.89. The standard InChI is InChI=1S/C18H27FN2O/c1-14(6-7-15-4-3-5-16(19)12-15)17(22)21-13-18(2)8-10-20-11-9-18/h3-5,12,14,20H,6-11,13H2,1-2H3,(H,21,22). The Morgan fingerprint density at radius 1 is 1.41 bits per heavy atom. The van der Waals surface area contributed by atoms with Crippen LogP contribution < -0.4 is 10.6 Å². The van der Waals surface area contributed by atoms with Gasteiger partial charge in [0.1, 0.15) is 5.82 Å². The second-order valence-electron chi connectivity index (χ2n) is 6.85. The molecule has 1 unspecified atom stereocenters. The number of benzene rings is 1. The minimum atomic E-state index is -0.214. The van der Waals surface area contributed by atoms with E-state index in [4.69, 9.17) is 0 Å². The van der Waals surface area contributed by atoms with Crippen LogP contribution in [-0.2, 0) is 11.2 Å². The number of hydrogen-bond donors (Lipinski definition) is 2. The van der Waals surface area contributed by atoms with Crippen LogP contribution in [0.15, 0.2) is 24.3 Å². The monoisotopic (exact) mass is 306 g/mol. The average Bonchev–Trinajstić information content (AvgIpc) is 2.51. The minimum Gasteiger partial charge on any atom is -0.355 e. The summed E-state index contributed by atoms with van der Waals surface area (Å²) in [6.45, 7) is 6.99. The zero-order valence-corrected chi connectivity index (χ0v) is 13.6. The SMILES string of the molecule is CC(CCc1cccc(F)c1)C(=O)NCC1(C)CCNCC1. The van der Waals surface area contributed by atoms with Gasteiger partial charge in [0, 0.05) is 12.5 Å². The molecule has 0 aromatic heterocycles. The fourth-order valence-electron chi connectivity index (χ4n) is 2.89. The van der Waals surface area contributed by atoms with Crippen LogP contribution >= 0.6 is 0 Å². The molecule has 0 saturated carbocycles. The van der Waals surface area contributed by atoms with Gasteiger partial charge in [0.2, 0.25) is 5.91 Å². The third-order valence-corrected chi connectivity index (χ3v) is 4.70. The largest absolute Gasteiger partial charge is 0.355 e. The van der Waals surface area contributed by atoms with Gasteiger partial charge in [-0.2, -0.15) is 0 Å². The van der Waals surface area contributed by atoms with Crippen molar-refractivity contribution in [1.29, 1.82) is 0 Å². The fraction of sp³-hybridized carbons (Fsp3) is 0.611. The molecule has 22 heavy (non-hydrogen) atoms. The predicted molar refractivity (Wildman–Crippen MR) is 87.1 cm³/mol. The maximum absolute atomic E-state index is 13.1. The predicted octanol–water partition coefficient (Wildman–Crippen LogP) is 2.90. The van der Waals surface area contributed by atoms with E-state index in [2.05, 4.69) is 17.6 Å². The van der Waals surface area contributed by atoms with Gasteiger partial charge >= 0.3 is 0 Å². The minimum absolute atomic E-state index is 0.0476. The Morgan fingerprint density at radius 2 is 2.14 bits per heavy atom. The van der Waals surface area contributed by atoms with Crippen LogP contribution in [-0.4, -0.2) is 25.5 Å².